The first kappa shape index (κ1) is 28.1. The number of carboxylic acids is 1. The smallest absolute Gasteiger partial charge is 0.335 e. The van der Waals surface area contributed by atoms with E-state index in [9.17, 15) is 19.5 Å². The van der Waals surface area contributed by atoms with E-state index in [2.05, 4.69) is 20.7 Å². The van der Waals surface area contributed by atoms with E-state index in [0.717, 1.165) is 18.4 Å². The van der Waals surface area contributed by atoms with E-state index in [4.69, 9.17) is 27.9 Å². The van der Waals surface area contributed by atoms with Gasteiger partial charge in [-0.2, -0.15) is 5.10 Å². The number of nitrogens with one attached hydrogen (secondary N) is 2. The van der Waals surface area contributed by atoms with Crippen molar-refractivity contribution in [2.45, 2.75) is 26.3 Å². The van der Waals surface area contributed by atoms with Crippen molar-refractivity contribution >= 4 is 46.6 Å². The van der Waals surface area contributed by atoms with E-state index in [1.54, 1.807) is 25.1 Å². The Labute approximate surface area is 244 Å². The molecule has 1 saturated carbocycles. The molecule has 0 saturated heterocycles. The van der Waals surface area contributed by atoms with Gasteiger partial charge in [-0.3, -0.25) is 9.78 Å². The lowest BCUT2D eigenvalue weighted by Crippen LogP contribution is -2.29. The lowest BCUT2D eigenvalue weighted by atomic mass is 9.99. The highest BCUT2D eigenvalue weighted by Crippen LogP contribution is 2.33. The normalized spacial score (nSPS) is 12.6. The number of aryl methyl sites for hydroxylation is 1. The zero-order chi connectivity index (χ0) is 29.1. The molecule has 1 fully saturated rings. The molecule has 1 aliphatic carbocycles. The van der Waals surface area contributed by atoms with Crippen LogP contribution >= 0.6 is 23.2 Å². The number of nitrogens with zero attached hydrogens (tertiary/aromatic N) is 3. The molecule has 0 aliphatic heterocycles. The van der Waals surface area contributed by atoms with Crippen LogP contribution in [0.1, 0.15) is 30.1 Å². The van der Waals surface area contributed by atoms with Crippen molar-refractivity contribution in [3.05, 3.63) is 86.9 Å². The molecular weight excluding hydrogens is 569 g/mol. The number of pyridine rings is 1. The summed E-state index contributed by atoms with van der Waals surface area (Å²) in [7, 11) is 0. The van der Waals surface area contributed by atoms with Crippen molar-refractivity contribution in [2.24, 2.45) is 5.92 Å². The Morgan fingerprint density at radius 2 is 1.76 bits per heavy atom. The van der Waals surface area contributed by atoms with Crippen LogP contribution < -0.4 is 20.9 Å². The molecule has 0 bridgehead atoms. The van der Waals surface area contributed by atoms with Crippen molar-refractivity contribution in [3.8, 4) is 28.1 Å². The first-order valence-electron chi connectivity index (χ1n) is 12.8. The maximum Gasteiger partial charge on any atom is 0.335 e. The topological polar surface area (TPSA) is 135 Å². The van der Waals surface area contributed by atoms with Gasteiger partial charge in [0.2, 0.25) is 0 Å². The quantitative estimate of drug-likeness (QED) is 0.203. The predicted octanol–water partition coefficient (Wildman–Crippen LogP) is 6.43. The van der Waals surface area contributed by atoms with Gasteiger partial charge in [0.25, 0.3) is 5.56 Å². The monoisotopic (exact) mass is 593 g/mol. The van der Waals surface area contributed by atoms with Crippen molar-refractivity contribution in [2.75, 3.05) is 17.2 Å². The summed E-state index contributed by atoms with van der Waals surface area (Å²) in [6.45, 7) is 2.57. The Bertz CT molecular complexity index is 1680. The number of urea groups is 1. The minimum absolute atomic E-state index is 0.00955. The fourth-order valence-electron chi connectivity index (χ4n) is 4.11. The highest BCUT2D eigenvalue weighted by atomic mass is 35.5. The van der Waals surface area contributed by atoms with Crippen LogP contribution in [0.5, 0.6) is 5.75 Å². The van der Waals surface area contributed by atoms with Gasteiger partial charge in [0.05, 0.1) is 33.6 Å². The number of hydrogen-bond acceptors (Lipinski definition) is 6. The number of carbonyl (C=O) groups excluding carboxylic acids is 1. The molecule has 5 rings (SSSR count). The molecule has 2 amide bonds. The Kier molecular flexibility index (Phi) is 8.23. The average molecular weight is 594 g/mol. The summed E-state index contributed by atoms with van der Waals surface area (Å²) < 4.78 is 7.11. The van der Waals surface area contributed by atoms with Gasteiger partial charge >= 0.3 is 12.0 Å². The van der Waals surface area contributed by atoms with Crippen LogP contribution in [0.2, 0.25) is 10.0 Å². The van der Waals surface area contributed by atoms with Gasteiger partial charge in [-0.05, 0) is 67.1 Å². The molecule has 2 heterocycles. The van der Waals surface area contributed by atoms with Gasteiger partial charge in [0.1, 0.15) is 11.4 Å². The maximum absolute atomic E-state index is 13.0. The third-order valence-corrected chi connectivity index (χ3v) is 7.01. The van der Waals surface area contributed by atoms with Crippen LogP contribution in [0, 0.1) is 5.92 Å². The van der Waals surface area contributed by atoms with E-state index in [1.807, 2.05) is 18.2 Å². The summed E-state index contributed by atoms with van der Waals surface area (Å²) in [5.74, 6) is -0.0554. The minimum Gasteiger partial charge on any atom is -0.493 e. The van der Waals surface area contributed by atoms with E-state index < -0.39 is 17.6 Å². The summed E-state index contributed by atoms with van der Waals surface area (Å²) in [5, 5.41) is 19.5. The Morgan fingerprint density at radius 3 is 2.44 bits per heavy atom. The van der Waals surface area contributed by atoms with Gasteiger partial charge in [0, 0.05) is 24.5 Å². The first-order chi connectivity index (χ1) is 19.7. The molecule has 0 radical (unpaired) electrons. The SMILES string of the molecule is CCn1nc(-c2cccc(-c3cc(OCC4CC4)cc(C(=O)O)c3)c2)cc(NC(=O)Nc2c(Cl)cncc2Cl)c1=O. The zero-order valence-corrected chi connectivity index (χ0v) is 23.4. The molecule has 0 spiro atoms. The molecule has 2 aromatic heterocycles. The standard InChI is InChI=1S/C29H25Cl2N5O5/c1-2-36-27(37)25(33-29(40)34-26-22(30)13-32-14-23(26)31)12-24(35-36)18-5-3-4-17(8-18)19-9-20(28(38)39)11-21(10-19)41-15-16-6-7-16/h3-5,8-14,16H,2,6-7,15H2,1H3,(H,38,39)(H2,32,33,34,40). The number of aromatic carboxylic acids is 1. The van der Waals surface area contributed by atoms with Gasteiger partial charge in [-0.25, -0.2) is 14.3 Å². The number of amides is 2. The minimum atomic E-state index is -1.06. The molecule has 1 aliphatic rings. The van der Waals surface area contributed by atoms with Crippen LogP contribution in [0.25, 0.3) is 22.4 Å². The van der Waals surface area contributed by atoms with Crippen LogP contribution in [0.4, 0.5) is 16.2 Å². The summed E-state index contributed by atoms with van der Waals surface area (Å²) in [5.41, 5.74) is 2.21. The van der Waals surface area contributed by atoms with Crippen LogP contribution in [-0.4, -0.2) is 38.5 Å². The van der Waals surface area contributed by atoms with Gasteiger partial charge < -0.3 is 20.5 Å². The van der Waals surface area contributed by atoms with Crippen molar-refractivity contribution < 1.29 is 19.4 Å². The Hall–Kier alpha value is -4.41. The second-order valence-corrected chi connectivity index (χ2v) is 10.3. The largest absolute Gasteiger partial charge is 0.493 e. The number of anilines is 2. The fraction of sp³-hybridized carbons (Fsp3) is 0.207. The molecule has 2 aromatic carbocycles. The number of carboxylic acid groups (broad SMARTS) is 1. The Balaban J connectivity index is 1.46. The molecule has 10 nitrogen and oxygen atoms in total. The maximum atomic E-state index is 13.0. The van der Waals surface area contributed by atoms with E-state index in [1.165, 1.54) is 29.2 Å². The lowest BCUT2D eigenvalue weighted by molar-refractivity contribution is 0.0696. The molecule has 3 N–H and O–H groups in total. The number of carbonyl (C=O) groups is 2. The van der Waals surface area contributed by atoms with Crippen LogP contribution in [-0.2, 0) is 6.54 Å². The van der Waals surface area contributed by atoms with Gasteiger partial charge in [0.15, 0.2) is 0 Å². The summed E-state index contributed by atoms with van der Waals surface area (Å²) in [6.07, 6.45) is 4.90. The second-order valence-electron chi connectivity index (χ2n) is 9.51. The summed E-state index contributed by atoms with van der Waals surface area (Å²) in [6, 6.07) is 12.9. The molecule has 210 valence electrons. The summed E-state index contributed by atoms with van der Waals surface area (Å²) >= 11 is 12.2. The summed E-state index contributed by atoms with van der Waals surface area (Å²) in [4.78, 5) is 41.4. The highest BCUT2D eigenvalue weighted by molar-refractivity contribution is 6.39. The van der Waals surface area contributed by atoms with E-state index in [-0.39, 0.29) is 33.5 Å². The van der Waals surface area contributed by atoms with Crippen LogP contribution in [0.15, 0.2) is 65.7 Å². The van der Waals surface area contributed by atoms with Gasteiger partial charge in [-0.15, -0.1) is 0 Å². The lowest BCUT2D eigenvalue weighted by Gasteiger charge is -2.13. The number of ether oxygens (including phenoxy) is 1. The fourth-order valence-corrected chi connectivity index (χ4v) is 4.57. The molecule has 0 unspecified atom stereocenters. The van der Waals surface area contributed by atoms with Crippen LogP contribution in [0.3, 0.4) is 0 Å². The number of aromatic nitrogens is 3. The van der Waals surface area contributed by atoms with E-state index in [0.29, 0.717) is 35.1 Å². The zero-order valence-electron chi connectivity index (χ0n) is 21.9. The number of halogens is 2. The number of hydrogen-bond donors (Lipinski definition) is 3. The third-order valence-electron chi connectivity index (χ3n) is 6.44. The first-order valence-corrected chi connectivity index (χ1v) is 13.6. The van der Waals surface area contributed by atoms with Crippen molar-refractivity contribution in [3.63, 3.8) is 0 Å². The Morgan fingerprint density at radius 1 is 1.02 bits per heavy atom. The second kappa shape index (κ2) is 12.0. The number of rotatable bonds is 9. The van der Waals surface area contributed by atoms with Crippen molar-refractivity contribution in [1.29, 1.82) is 0 Å². The average Bonchev–Trinajstić information content (AvgIpc) is 3.80. The molecule has 0 atom stereocenters. The van der Waals surface area contributed by atoms with Gasteiger partial charge in [-0.1, -0.05) is 41.4 Å². The molecular formula is C29H25Cl2N5O5. The van der Waals surface area contributed by atoms with Crippen molar-refractivity contribution in [1.82, 2.24) is 14.8 Å². The molecule has 12 heteroatoms. The number of benzene rings is 2. The molecule has 41 heavy (non-hydrogen) atoms. The predicted molar refractivity (Wildman–Crippen MR) is 157 cm³/mol. The highest BCUT2D eigenvalue weighted by Gasteiger charge is 2.22. The van der Waals surface area contributed by atoms with E-state index >= 15 is 0 Å². The molecule has 4 aromatic rings. The third kappa shape index (κ3) is 6.67.